The van der Waals surface area contributed by atoms with Gasteiger partial charge in [0, 0.05) is 24.8 Å². The van der Waals surface area contributed by atoms with Crippen molar-refractivity contribution in [3.8, 4) is 5.82 Å². The number of carbonyl (C=O) groups is 2. The zero-order valence-electron chi connectivity index (χ0n) is 19.3. The van der Waals surface area contributed by atoms with Gasteiger partial charge in [0.25, 0.3) is 0 Å². The molecule has 0 radical (unpaired) electrons. The highest BCUT2D eigenvalue weighted by Crippen LogP contribution is 2.47. The smallest absolute Gasteiger partial charge is 0.336 e. The van der Waals surface area contributed by atoms with Gasteiger partial charge >= 0.3 is 5.97 Å². The Morgan fingerprint density at radius 2 is 2.00 bits per heavy atom. The minimum absolute atomic E-state index is 0.173. The van der Waals surface area contributed by atoms with Crippen LogP contribution in [0.15, 0.2) is 35.9 Å². The minimum Gasteiger partial charge on any atom is -0.456 e. The third-order valence-electron chi connectivity index (χ3n) is 7.85. The van der Waals surface area contributed by atoms with Crippen LogP contribution < -0.4 is 0 Å². The van der Waals surface area contributed by atoms with E-state index in [2.05, 4.69) is 45.4 Å². The van der Waals surface area contributed by atoms with Crippen molar-refractivity contribution in [3.05, 3.63) is 41.5 Å². The summed E-state index contributed by atoms with van der Waals surface area (Å²) in [5.74, 6) is 0.549. The number of esters is 1. The van der Waals surface area contributed by atoms with Crippen LogP contribution >= 0.6 is 0 Å². The predicted octanol–water partition coefficient (Wildman–Crippen LogP) is 2.04. The molecule has 1 spiro atoms. The van der Waals surface area contributed by atoms with Crippen LogP contribution in [0.1, 0.15) is 57.6 Å². The van der Waals surface area contributed by atoms with Crippen molar-refractivity contribution in [2.75, 3.05) is 20.2 Å². The number of likely N-dealkylation sites (tertiary alicyclic amines) is 1. The van der Waals surface area contributed by atoms with Crippen LogP contribution in [0.25, 0.3) is 5.82 Å². The SMILES string of the molecule is CC1=C(N2CCC3(CCC(N(C)[C@@H](C)c4ccc(-n5cnnn5)nc4)CC3)C2=O)COC1=O. The molecule has 2 aromatic rings. The van der Waals surface area contributed by atoms with Crippen molar-refractivity contribution in [2.24, 2.45) is 5.41 Å². The van der Waals surface area contributed by atoms with Gasteiger partial charge in [0.15, 0.2) is 5.82 Å². The highest BCUT2D eigenvalue weighted by molar-refractivity contribution is 5.94. The average molecular weight is 452 g/mol. The summed E-state index contributed by atoms with van der Waals surface area (Å²) in [6, 6.07) is 4.59. The van der Waals surface area contributed by atoms with Gasteiger partial charge in [0.05, 0.1) is 16.7 Å². The van der Waals surface area contributed by atoms with Crippen molar-refractivity contribution >= 4 is 11.9 Å². The largest absolute Gasteiger partial charge is 0.456 e. The number of carbonyl (C=O) groups excluding carboxylic acids is 2. The molecule has 2 aliphatic heterocycles. The maximum Gasteiger partial charge on any atom is 0.336 e. The Labute approximate surface area is 192 Å². The molecule has 10 nitrogen and oxygen atoms in total. The number of ether oxygens (including phenoxy) is 1. The Kier molecular flexibility index (Phi) is 5.48. The zero-order valence-corrected chi connectivity index (χ0v) is 19.3. The van der Waals surface area contributed by atoms with E-state index < -0.39 is 0 Å². The van der Waals surface area contributed by atoms with Gasteiger partial charge in [0.1, 0.15) is 12.9 Å². The van der Waals surface area contributed by atoms with Gasteiger partial charge in [-0.1, -0.05) is 6.07 Å². The lowest BCUT2D eigenvalue weighted by Crippen LogP contribution is -2.43. The number of amides is 1. The molecule has 1 aliphatic carbocycles. The van der Waals surface area contributed by atoms with Crippen LogP contribution in [-0.4, -0.2) is 73.1 Å². The Hall–Kier alpha value is -3.14. The fourth-order valence-electron chi connectivity index (χ4n) is 5.45. The van der Waals surface area contributed by atoms with E-state index in [0.717, 1.165) is 43.4 Å². The highest BCUT2D eigenvalue weighted by atomic mass is 16.5. The molecule has 2 fully saturated rings. The number of pyridine rings is 1. The Morgan fingerprint density at radius 1 is 1.21 bits per heavy atom. The fourth-order valence-corrected chi connectivity index (χ4v) is 5.45. The van der Waals surface area contributed by atoms with Crippen LogP contribution in [0, 0.1) is 5.41 Å². The standard InChI is InChI=1S/C23H29N7O3/c1-15-19(13-33-21(15)31)29-11-10-23(22(29)32)8-6-18(7-9-23)28(3)16(2)17-4-5-20(24-12-17)30-14-25-26-27-30/h4-5,12,14,16,18H,6-11,13H2,1-3H3/t16-,18?,23?/m0/s1. The summed E-state index contributed by atoms with van der Waals surface area (Å²) in [5.41, 5.74) is 2.16. The molecule has 0 aromatic carbocycles. The van der Waals surface area contributed by atoms with Crippen molar-refractivity contribution in [1.29, 1.82) is 0 Å². The van der Waals surface area contributed by atoms with Crippen LogP contribution in [0.4, 0.5) is 0 Å². The first kappa shape index (κ1) is 21.7. The molecule has 1 saturated heterocycles. The lowest BCUT2D eigenvalue weighted by molar-refractivity contribution is -0.138. The van der Waals surface area contributed by atoms with Crippen LogP contribution in [0.5, 0.6) is 0 Å². The zero-order chi connectivity index (χ0) is 23.2. The molecule has 1 amide bonds. The molecule has 3 aliphatic rings. The van der Waals surface area contributed by atoms with Gasteiger partial charge in [-0.05, 0) is 75.1 Å². The number of hydrogen-bond donors (Lipinski definition) is 0. The monoisotopic (exact) mass is 451 g/mol. The van der Waals surface area contributed by atoms with E-state index in [4.69, 9.17) is 4.74 Å². The first-order valence-corrected chi connectivity index (χ1v) is 11.5. The molecule has 0 unspecified atom stereocenters. The molecule has 2 aromatic heterocycles. The summed E-state index contributed by atoms with van der Waals surface area (Å²) in [6.45, 7) is 4.83. The molecule has 33 heavy (non-hydrogen) atoms. The van der Waals surface area contributed by atoms with Crippen molar-refractivity contribution < 1.29 is 14.3 Å². The maximum absolute atomic E-state index is 13.4. The van der Waals surface area contributed by atoms with Gasteiger partial charge in [-0.2, -0.15) is 4.68 Å². The van der Waals surface area contributed by atoms with E-state index in [0.29, 0.717) is 24.0 Å². The number of rotatable bonds is 5. The lowest BCUT2D eigenvalue weighted by Gasteiger charge is -2.41. The van der Waals surface area contributed by atoms with E-state index >= 15 is 0 Å². The lowest BCUT2D eigenvalue weighted by atomic mass is 9.71. The number of hydrogen-bond acceptors (Lipinski definition) is 8. The summed E-state index contributed by atoms with van der Waals surface area (Å²) in [6.07, 6.45) is 7.96. The molecule has 10 heteroatoms. The Balaban J connectivity index is 1.22. The Bertz CT molecular complexity index is 1070. The predicted molar refractivity (Wildman–Crippen MR) is 118 cm³/mol. The average Bonchev–Trinajstić information content (AvgIpc) is 3.56. The summed E-state index contributed by atoms with van der Waals surface area (Å²) in [4.78, 5) is 33.8. The summed E-state index contributed by atoms with van der Waals surface area (Å²) < 4.78 is 6.66. The van der Waals surface area contributed by atoms with Crippen molar-refractivity contribution in [3.63, 3.8) is 0 Å². The quantitative estimate of drug-likeness (QED) is 0.636. The van der Waals surface area contributed by atoms with E-state index in [9.17, 15) is 9.59 Å². The second-order valence-electron chi connectivity index (χ2n) is 9.41. The summed E-state index contributed by atoms with van der Waals surface area (Å²) >= 11 is 0. The first-order chi connectivity index (χ1) is 15.9. The van der Waals surface area contributed by atoms with E-state index in [-0.39, 0.29) is 29.9 Å². The van der Waals surface area contributed by atoms with Gasteiger partial charge in [-0.25, -0.2) is 9.78 Å². The molecular formula is C23H29N7O3. The third-order valence-corrected chi connectivity index (χ3v) is 7.85. The topological polar surface area (TPSA) is 106 Å². The highest BCUT2D eigenvalue weighted by Gasteiger charge is 2.50. The molecule has 174 valence electrons. The van der Waals surface area contributed by atoms with Gasteiger partial charge < -0.3 is 9.64 Å². The molecule has 0 N–H and O–H groups in total. The van der Waals surface area contributed by atoms with Crippen LogP contribution in [0.3, 0.4) is 0 Å². The number of cyclic esters (lactones) is 1. The number of tetrazole rings is 1. The van der Waals surface area contributed by atoms with E-state index in [1.807, 2.05) is 17.2 Å². The van der Waals surface area contributed by atoms with Gasteiger partial charge in [-0.3, -0.25) is 9.69 Å². The summed E-state index contributed by atoms with van der Waals surface area (Å²) in [7, 11) is 2.15. The summed E-state index contributed by atoms with van der Waals surface area (Å²) in [5, 5.41) is 11.2. The minimum atomic E-state index is -0.307. The molecule has 1 atom stereocenters. The van der Waals surface area contributed by atoms with E-state index in [1.165, 1.54) is 11.0 Å². The second kappa shape index (κ2) is 8.33. The van der Waals surface area contributed by atoms with Crippen molar-refractivity contribution in [1.82, 2.24) is 35.0 Å². The van der Waals surface area contributed by atoms with Crippen molar-refractivity contribution in [2.45, 2.75) is 58.0 Å². The molecular weight excluding hydrogens is 422 g/mol. The fraction of sp³-hybridized carbons (Fsp3) is 0.565. The molecule has 4 heterocycles. The van der Waals surface area contributed by atoms with Gasteiger partial charge in [-0.15, -0.1) is 5.10 Å². The molecule has 5 rings (SSSR count). The third kappa shape index (κ3) is 3.72. The normalized spacial score (nSPS) is 26.5. The van der Waals surface area contributed by atoms with E-state index in [1.54, 1.807) is 6.92 Å². The number of aromatic nitrogens is 5. The van der Waals surface area contributed by atoms with Crippen LogP contribution in [0.2, 0.25) is 0 Å². The molecule has 0 bridgehead atoms. The van der Waals surface area contributed by atoms with Gasteiger partial charge in [0.2, 0.25) is 5.91 Å². The molecule has 1 saturated carbocycles. The van der Waals surface area contributed by atoms with Crippen LogP contribution in [-0.2, 0) is 14.3 Å². The second-order valence-corrected chi connectivity index (χ2v) is 9.41. The Morgan fingerprint density at radius 3 is 2.61 bits per heavy atom. The maximum atomic E-state index is 13.4. The number of nitrogens with zero attached hydrogens (tertiary/aromatic N) is 7. The first-order valence-electron chi connectivity index (χ1n) is 11.5.